The average Bonchev–Trinajstić information content (AvgIpc) is 2.55. The van der Waals surface area contributed by atoms with Crippen molar-refractivity contribution < 1.29 is 14.9 Å². The lowest BCUT2D eigenvalue weighted by Crippen LogP contribution is -2.49. The maximum Gasteiger partial charge on any atom is 0.123 e. The molecule has 5 heteroatoms. The number of benzene rings is 1. The van der Waals surface area contributed by atoms with Crippen molar-refractivity contribution in [3.05, 3.63) is 29.3 Å². The lowest BCUT2D eigenvalue weighted by atomic mass is 9.85. The number of aliphatic hydroxyl groups excluding tert-OH is 2. The van der Waals surface area contributed by atoms with Gasteiger partial charge >= 0.3 is 0 Å². The SMILES string of the molecule is Cc1ccc(OCC(O)CN2CCN(CCO)CC2)c(C(C)(C)C)c1. The third-order valence-corrected chi connectivity index (χ3v) is 4.72. The summed E-state index contributed by atoms with van der Waals surface area (Å²) >= 11 is 0. The van der Waals surface area contributed by atoms with Crippen LogP contribution in [0.4, 0.5) is 0 Å². The fourth-order valence-corrected chi connectivity index (χ4v) is 3.23. The molecule has 1 fully saturated rings. The summed E-state index contributed by atoms with van der Waals surface area (Å²) in [6.07, 6.45) is -0.501. The minimum Gasteiger partial charge on any atom is -0.491 e. The van der Waals surface area contributed by atoms with E-state index >= 15 is 0 Å². The van der Waals surface area contributed by atoms with Crippen molar-refractivity contribution in [3.8, 4) is 5.75 Å². The molecule has 0 aromatic heterocycles. The van der Waals surface area contributed by atoms with E-state index in [0.717, 1.165) is 38.5 Å². The maximum absolute atomic E-state index is 10.4. The monoisotopic (exact) mass is 350 g/mol. The van der Waals surface area contributed by atoms with Crippen LogP contribution in [0.2, 0.25) is 0 Å². The Morgan fingerprint density at radius 3 is 2.36 bits per heavy atom. The highest BCUT2D eigenvalue weighted by Crippen LogP contribution is 2.32. The van der Waals surface area contributed by atoms with E-state index in [1.807, 2.05) is 6.07 Å². The van der Waals surface area contributed by atoms with Crippen LogP contribution >= 0.6 is 0 Å². The van der Waals surface area contributed by atoms with Gasteiger partial charge in [-0.15, -0.1) is 0 Å². The molecule has 0 aliphatic carbocycles. The number of nitrogens with zero attached hydrogens (tertiary/aromatic N) is 2. The third-order valence-electron chi connectivity index (χ3n) is 4.72. The van der Waals surface area contributed by atoms with E-state index in [1.54, 1.807) is 0 Å². The fraction of sp³-hybridized carbons (Fsp3) is 0.700. The van der Waals surface area contributed by atoms with Crippen molar-refractivity contribution >= 4 is 0 Å². The van der Waals surface area contributed by atoms with E-state index in [0.29, 0.717) is 13.2 Å². The first-order valence-electron chi connectivity index (χ1n) is 9.27. The Balaban J connectivity index is 1.84. The van der Waals surface area contributed by atoms with Gasteiger partial charge in [-0.2, -0.15) is 0 Å². The molecule has 1 atom stereocenters. The highest BCUT2D eigenvalue weighted by Gasteiger charge is 2.21. The van der Waals surface area contributed by atoms with Crippen molar-refractivity contribution in [2.24, 2.45) is 0 Å². The molecule has 0 bridgehead atoms. The van der Waals surface area contributed by atoms with Gasteiger partial charge in [0.25, 0.3) is 0 Å². The molecule has 1 saturated heterocycles. The quantitative estimate of drug-likeness (QED) is 0.783. The van der Waals surface area contributed by atoms with E-state index < -0.39 is 6.10 Å². The minimum atomic E-state index is -0.501. The molecule has 25 heavy (non-hydrogen) atoms. The molecule has 1 unspecified atom stereocenters. The van der Waals surface area contributed by atoms with Crippen LogP contribution in [0.25, 0.3) is 0 Å². The Morgan fingerprint density at radius 1 is 1.12 bits per heavy atom. The van der Waals surface area contributed by atoms with Gasteiger partial charge in [-0.1, -0.05) is 38.5 Å². The van der Waals surface area contributed by atoms with Crippen molar-refractivity contribution in [2.45, 2.75) is 39.2 Å². The second-order valence-corrected chi connectivity index (χ2v) is 8.08. The van der Waals surface area contributed by atoms with Gasteiger partial charge < -0.3 is 14.9 Å². The number of piperazine rings is 1. The van der Waals surface area contributed by atoms with Gasteiger partial charge in [0, 0.05) is 39.3 Å². The zero-order valence-electron chi connectivity index (χ0n) is 16.2. The van der Waals surface area contributed by atoms with Gasteiger partial charge in [-0.3, -0.25) is 9.80 Å². The van der Waals surface area contributed by atoms with E-state index in [2.05, 4.69) is 49.6 Å². The Kier molecular flexibility index (Phi) is 7.25. The zero-order chi connectivity index (χ0) is 18.4. The topological polar surface area (TPSA) is 56.2 Å². The molecule has 1 aromatic carbocycles. The van der Waals surface area contributed by atoms with Crippen LogP contribution in [0, 0.1) is 6.92 Å². The smallest absolute Gasteiger partial charge is 0.123 e. The lowest BCUT2D eigenvalue weighted by Gasteiger charge is -2.35. The van der Waals surface area contributed by atoms with Crippen LogP contribution in [0.1, 0.15) is 31.9 Å². The summed E-state index contributed by atoms with van der Waals surface area (Å²) in [7, 11) is 0. The molecule has 5 nitrogen and oxygen atoms in total. The number of ether oxygens (including phenoxy) is 1. The van der Waals surface area contributed by atoms with E-state index in [9.17, 15) is 5.11 Å². The van der Waals surface area contributed by atoms with Crippen molar-refractivity contribution in [2.75, 3.05) is 52.5 Å². The molecule has 0 radical (unpaired) electrons. The Morgan fingerprint density at radius 2 is 1.76 bits per heavy atom. The van der Waals surface area contributed by atoms with Crippen LogP contribution in [0.5, 0.6) is 5.75 Å². The molecule has 0 amide bonds. The predicted molar refractivity (Wildman–Crippen MR) is 101 cm³/mol. The molecule has 1 aliphatic rings. The van der Waals surface area contributed by atoms with Gasteiger partial charge in [-0.05, 0) is 24.0 Å². The number of hydrogen-bond acceptors (Lipinski definition) is 5. The highest BCUT2D eigenvalue weighted by atomic mass is 16.5. The second-order valence-electron chi connectivity index (χ2n) is 8.08. The number of β-amino-alcohol motifs (C(OH)–C–C–N with tert-alkyl or cyclic N) is 2. The normalized spacial score (nSPS) is 18.3. The predicted octanol–water partition coefficient (Wildman–Crippen LogP) is 1.64. The van der Waals surface area contributed by atoms with Crippen LogP contribution < -0.4 is 4.74 Å². The summed E-state index contributed by atoms with van der Waals surface area (Å²) in [6, 6.07) is 6.23. The van der Waals surface area contributed by atoms with Gasteiger partial charge in [0.1, 0.15) is 18.5 Å². The number of rotatable bonds is 7. The second kappa shape index (κ2) is 8.99. The molecule has 1 aromatic rings. The zero-order valence-corrected chi connectivity index (χ0v) is 16.2. The van der Waals surface area contributed by atoms with Crippen molar-refractivity contribution in [1.29, 1.82) is 0 Å². The van der Waals surface area contributed by atoms with Gasteiger partial charge in [-0.25, -0.2) is 0 Å². The van der Waals surface area contributed by atoms with Gasteiger partial charge in [0.05, 0.1) is 6.61 Å². The average molecular weight is 351 g/mol. The first kappa shape index (κ1) is 20.2. The maximum atomic E-state index is 10.4. The standard InChI is InChI=1S/C20H34N2O3/c1-16-5-6-19(18(13-16)20(2,3)4)25-15-17(24)14-22-9-7-21(8-10-22)11-12-23/h5-6,13,17,23-24H,7-12,14-15H2,1-4H3. The molecule has 2 rings (SSSR count). The summed E-state index contributed by atoms with van der Waals surface area (Å²) in [6.45, 7) is 14.2. The lowest BCUT2D eigenvalue weighted by molar-refractivity contribution is 0.0424. The van der Waals surface area contributed by atoms with E-state index in [-0.39, 0.29) is 12.0 Å². The molecule has 0 spiro atoms. The van der Waals surface area contributed by atoms with E-state index in [1.165, 1.54) is 11.1 Å². The molecule has 1 heterocycles. The molecule has 1 aliphatic heterocycles. The summed E-state index contributed by atoms with van der Waals surface area (Å²) in [5.74, 6) is 0.866. The van der Waals surface area contributed by atoms with Crippen LogP contribution in [-0.2, 0) is 5.41 Å². The Labute approximate surface area is 152 Å². The van der Waals surface area contributed by atoms with Crippen molar-refractivity contribution in [1.82, 2.24) is 9.80 Å². The largest absolute Gasteiger partial charge is 0.491 e. The van der Waals surface area contributed by atoms with E-state index in [4.69, 9.17) is 9.84 Å². The Bertz CT molecular complexity index is 534. The minimum absolute atomic E-state index is 0.00927. The highest BCUT2D eigenvalue weighted by molar-refractivity contribution is 5.41. The first-order chi connectivity index (χ1) is 11.8. The van der Waals surface area contributed by atoms with Crippen LogP contribution in [-0.4, -0.2) is 78.6 Å². The van der Waals surface area contributed by atoms with Gasteiger partial charge in [0.2, 0.25) is 0 Å². The van der Waals surface area contributed by atoms with Crippen molar-refractivity contribution in [3.63, 3.8) is 0 Å². The first-order valence-corrected chi connectivity index (χ1v) is 9.27. The number of aliphatic hydroxyl groups is 2. The summed E-state index contributed by atoms with van der Waals surface area (Å²) in [5.41, 5.74) is 2.41. The molecule has 2 N–H and O–H groups in total. The van der Waals surface area contributed by atoms with Gasteiger partial charge in [0.15, 0.2) is 0 Å². The fourth-order valence-electron chi connectivity index (χ4n) is 3.23. The van der Waals surface area contributed by atoms with Crippen LogP contribution in [0.15, 0.2) is 18.2 Å². The molecular formula is C20H34N2O3. The summed E-state index contributed by atoms with van der Waals surface area (Å²) in [4.78, 5) is 4.52. The number of hydrogen-bond donors (Lipinski definition) is 2. The molecular weight excluding hydrogens is 316 g/mol. The molecule has 0 saturated carbocycles. The number of aryl methyl sites for hydroxylation is 1. The summed E-state index contributed by atoms with van der Waals surface area (Å²) < 4.78 is 5.96. The summed E-state index contributed by atoms with van der Waals surface area (Å²) in [5, 5.41) is 19.4. The third kappa shape index (κ3) is 6.26. The van der Waals surface area contributed by atoms with Crippen LogP contribution in [0.3, 0.4) is 0 Å². The Hall–Kier alpha value is -1.14. The molecule has 142 valence electrons.